The zero-order valence-corrected chi connectivity index (χ0v) is 6.37. The van der Waals surface area contributed by atoms with Crippen molar-refractivity contribution in [2.75, 3.05) is 0 Å². The molecule has 0 N–H and O–H groups in total. The van der Waals surface area contributed by atoms with Crippen molar-refractivity contribution in [1.82, 2.24) is 0 Å². The molecule has 1 aliphatic carbocycles. The third-order valence-electron chi connectivity index (χ3n) is 1.76. The Hall–Kier alpha value is -0.260. The van der Waals surface area contributed by atoms with Crippen LogP contribution in [0, 0.1) is 0 Å². The Morgan fingerprint density at radius 2 is 1.91 bits per heavy atom. The van der Waals surface area contributed by atoms with Crippen molar-refractivity contribution in [2.45, 2.75) is 30.4 Å². The van der Waals surface area contributed by atoms with Gasteiger partial charge in [0.1, 0.15) is 0 Å². The molecule has 11 heavy (non-hydrogen) atoms. The average Bonchev–Trinajstić information content (AvgIpc) is 2.07. The van der Waals surface area contributed by atoms with Crippen LogP contribution >= 0.6 is 0 Å². The number of alkyl halides is 2. The van der Waals surface area contributed by atoms with Crippen LogP contribution in [0.4, 0.5) is 12.7 Å². The van der Waals surface area contributed by atoms with Crippen LogP contribution in [0.2, 0.25) is 0 Å². The highest BCUT2D eigenvalue weighted by molar-refractivity contribution is 7.87. The molecule has 1 atom stereocenters. The molecule has 1 fully saturated rings. The predicted molar refractivity (Wildman–Crippen MR) is 32.6 cm³/mol. The molecular formula is C5H7F3O2S. The minimum Gasteiger partial charge on any atom is -0.207 e. The summed E-state index contributed by atoms with van der Waals surface area (Å²) in [6.45, 7) is 0. The number of rotatable bonds is 1. The van der Waals surface area contributed by atoms with Crippen molar-refractivity contribution < 1.29 is 21.1 Å². The highest BCUT2D eigenvalue weighted by Gasteiger charge is 2.45. The van der Waals surface area contributed by atoms with E-state index in [1.807, 2.05) is 0 Å². The van der Waals surface area contributed by atoms with E-state index in [9.17, 15) is 21.1 Å². The first-order valence-electron chi connectivity index (χ1n) is 3.12. The summed E-state index contributed by atoms with van der Waals surface area (Å²) in [6.07, 6.45) is -1.67. The topological polar surface area (TPSA) is 34.1 Å². The average molecular weight is 188 g/mol. The van der Waals surface area contributed by atoms with Gasteiger partial charge in [-0.1, -0.05) is 0 Å². The molecule has 66 valence electrons. The third kappa shape index (κ3) is 2.08. The molecule has 6 heteroatoms. The molecule has 0 saturated heterocycles. The first kappa shape index (κ1) is 8.83. The number of hydrogen-bond acceptors (Lipinski definition) is 2. The minimum absolute atomic E-state index is 0.272. The molecule has 0 heterocycles. The lowest BCUT2D eigenvalue weighted by Crippen LogP contribution is -2.17. The second kappa shape index (κ2) is 2.36. The fourth-order valence-electron chi connectivity index (χ4n) is 1.15. The standard InChI is InChI=1S/C5H7F3O2S/c6-5(7)2-1-4(3-5)11(8,9)10/h4H,1-3H2. The van der Waals surface area contributed by atoms with Crippen LogP contribution < -0.4 is 0 Å². The van der Waals surface area contributed by atoms with Gasteiger partial charge in [0, 0.05) is 12.8 Å². The van der Waals surface area contributed by atoms with E-state index < -0.39 is 34.2 Å². The van der Waals surface area contributed by atoms with E-state index in [0.29, 0.717) is 0 Å². The maximum Gasteiger partial charge on any atom is 0.305 e. The summed E-state index contributed by atoms with van der Waals surface area (Å²) in [4.78, 5) is 0. The molecule has 1 rings (SSSR count). The summed E-state index contributed by atoms with van der Waals surface area (Å²) in [5, 5.41) is -1.49. The molecule has 2 nitrogen and oxygen atoms in total. The Bertz CT molecular complexity index is 246. The zero-order valence-electron chi connectivity index (χ0n) is 5.56. The van der Waals surface area contributed by atoms with Crippen LogP contribution in [-0.2, 0) is 10.2 Å². The van der Waals surface area contributed by atoms with Crippen LogP contribution in [0.15, 0.2) is 0 Å². The minimum atomic E-state index is -4.75. The van der Waals surface area contributed by atoms with Crippen molar-refractivity contribution in [2.24, 2.45) is 0 Å². The Morgan fingerprint density at radius 1 is 1.36 bits per heavy atom. The summed E-state index contributed by atoms with van der Waals surface area (Å²) >= 11 is 0. The van der Waals surface area contributed by atoms with Gasteiger partial charge >= 0.3 is 10.2 Å². The second-order valence-corrected chi connectivity index (χ2v) is 4.31. The van der Waals surface area contributed by atoms with Gasteiger partial charge in [-0.25, -0.2) is 8.78 Å². The third-order valence-corrected chi connectivity index (χ3v) is 2.96. The molecule has 0 aromatic carbocycles. The van der Waals surface area contributed by atoms with E-state index in [1.165, 1.54) is 0 Å². The normalized spacial score (nSPS) is 30.6. The molecule has 1 unspecified atom stereocenters. The quantitative estimate of drug-likeness (QED) is 0.584. The van der Waals surface area contributed by atoms with E-state index >= 15 is 0 Å². The van der Waals surface area contributed by atoms with Crippen molar-refractivity contribution in [3.63, 3.8) is 0 Å². The summed E-state index contributed by atoms with van der Waals surface area (Å²) in [6, 6.07) is 0. The van der Waals surface area contributed by atoms with E-state index in [-0.39, 0.29) is 6.42 Å². The number of hydrogen-bond donors (Lipinski definition) is 0. The zero-order chi connectivity index (χ0) is 8.70. The Balaban J connectivity index is 2.71. The van der Waals surface area contributed by atoms with Crippen molar-refractivity contribution in [3.05, 3.63) is 0 Å². The van der Waals surface area contributed by atoms with Gasteiger partial charge in [-0.05, 0) is 6.42 Å². The first-order chi connectivity index (χ1) is 4.81. The summed E-state index contributed by atoms with van der Waals surface area (Å²) < 4.78 is 56.9. The van der Waals surface area contributed by atoms with Gasteiger partial charge in [-0.2, -0.15) is 8.42 Å². The highest BCUT2D eigenvalue weighted by Crippen LogP contribution is 2.38. The van der Waals surface area contributed by atoms with Gasteiger partial charge in [0.15, 0.2) is 0 Å². The molecule has 0 aromatic heterocycles. The molecule has 0 spiro atoms. The largest absolute Gasteiger partial charge is 0.305 e. The molecular weight excluding hydrogens is 181 g/mol. The SMILES string of the molecule is O=S(=O)(F)C1CCC(F)(F)C1. The van der Waals surface area contributed by atoms with Crippen LogP contribution in [0.5, 0.6) is 0 Å². The van der Waals surface area contributed by atoms with Crippen molar-refractivity contribution in [3.8, 4) is 0 Å². The van der Waals surface area contributed by atoms with Crippen molar-refractivity contribution in [1.29, 1.82) is 0 Å². The van der Waals surface area contributed by atoms with Crippen LogP contribution in [0.1, 0.15) is 19.3 Å². The van der Waals surface area contributed by atoms with Crippen LogP contribution in [0.3, 0.4) is 0 Å². The molecule has 1 aliphatic rings. The van der Waals surface area contributed by atoms with E-state index in [1.54, 1.807) is 0 Å². The fraction of sp³-hybridized carbons (Fsp3) is 1.00. The highest BCUT2D eigenvalue weighted by atomic mass is 32.3. The van der Waals surface area contributed by atoms with Gasteiger partial charge < -0.3 is 0 Å². The van der Waals surface area contributed by atoms with E-state index in [2.05, 4.69) is 0 Å². The summed E-state index contributed by atoms with van der Waals surface area (Å²) in [5.74, 6) is -3.00. The molecule has 0 bridgehead atoms. The van der Waals surface area contributed by atoms with E-state index in [4.69, 9.17) is 0 Å². The number of halogens is 3. The summed E-state index contributed by atoms with van der Waals surface area (Å²) in [7, 11) is -4.75. The fourth-order valence-corrected chi connectivity index (χ4v) is 1.99. The molecule has 0 amide bonds. The van der Waals surface area contributed by atoms with E-state index in [0.717, 1.165) is 0 Å². The smallest absolute Gasteiger partial charge is 0.207 e. The maximum atomic E-state index is 12.3. The first-order valence-corrected chi connectivity index (χ1v) is 4.57. The van der Waals surface area contributed by atoms with Gasteiger partial charge in [0.2, 0.25) is 5.92 Å². The molecule has 0 aromatic rings. The van der Waals surface area contributed by atoms with Gasteiger partial charge in [-0.15, -0.1) is 3.89 Å². The van der Waals surface area contributed by atoms with Gasteiger partial charge in [0.05, 0.1) is 5.25 Å². The lowest BCUT2D eigenvalue weighted by atomic mass is 10.3. The van der Waals surface area contributed by atoms with Crippen molar-refractivity contribution >= 4 is 10.2 Å². The Labute approximate surface area is 62.6 Å². The Morgan fingerprint density at radius 3 is 2.09 bits per heavy atom. The maximum absolute atomic E-state index is 12.3. The second-order valence-electron chi connectivity index (χ2n) is 2.70. The van der Waals surface area contributed by atoms with Gasteiger partial charge in [0.25, 0.3) is 0 Å². The lowest BCUT2D eigenvalue weighted by Gasteiger charge is -2.05. The molecule has 0 aliphatic heterocycles. The molecule has 1 saturated carbocycles. The van der Waals surface area contributed by atoms with Gasteiger partial charge in [-0.3, -0.25) is 0 Å². The predicted octanol–water partition coefficient (Wildman–Crippen LogP) is 1.47. The lowest BCUT2D eigenvalue weighted by molar-refractivity contribution is 0.00945. The van der Waals surface area contributed by atoms with Crippen LogP contribution in [0.25, 0.3) is 0 Å². The monoisotopic (exact) mass is 188 g/mol. The van der Waals surface area contributed by atoms with Crippen LogP contribution in [-0.4, -0.2) is 19.6 Å². The molecule has 0 radical (unpaired) electrons. The summed E-state index contributed by atoms with van der Waals surface area (Å²) in [5.41, 5.74) is 0. The Kier molecular flexibility index (Phi) is 1.90.